The minimum Gasteiger partial charge on any atom is -0.289 e. The van der Waals surface area contributed by atoms with Gasteiger partial charge in [-0.1, -0.05) is 65.8 Å². The molecule has 126 valence electrons. The molecule has 0 fully saturated rings. The fourth-order valence-electron chi connectivity index (χ4n) is 3.06. The van der Waals surface area contributed by atoms with Crippen molar-refractivity contribution in [1.29, 1.82) is 5.26 Å². The average Bonchev–Trinajstić information content (AvgIpc) is 2.47. The van der Waals surface area contributed by atoms with Gasteiger partial charge in [0.1, 0.15) is 0 Å². The third kappa shape index (κ3) is 4.03. The van der Waals surface area contributed by atoms with Gasteiger partial charge < -0.3 is 0 Å². The standard InChI is InChI=1S/C22H27NO/c1-21(2,3)18-12-17(13-19(20(18)24)22(4,5)6)11-15-7-9-16(14-23)10-8-15/h7-10,12-13,17H,11H2,1-6H3. The van der Waals surface area contributed by atoms with Gasteiger partial charge in [-0.15, -0.1) is 0 Å². The van der Waals surface area contributed by atoms with E-state index in [0.29, 0.717) is 5.56 Å². The first-order chi connectivity index (χ1) is 11.0. The lowest BCUT2D eigenvalue weighted by molar-refractivity contribution is -0.114. The molecule has 2 heteroatoms. The van der Waals surface area contributed by atoms with Crippen LogP contribution in [0.3, 0.4) is 0 Å². The number of benzene rings is 1. The smallest absolute Gasteiger partial charge is 0.185 e. The summed E-state index contributed by atoms with van der Waals surface area (Å²) in [5.74, 6) is 0.394. The van der Waals surface area contributed by atoms with Gasteiger partial charge in [-0.2, -0.15) is 5.26 Å². The highest BCUT2D eigenvalue weighted by atomic mass is 16.1. The quantitative estimate of drug-likeness (QED) is 0.747. The maximum atomic E-state index is 12.9. The maximum Gasteiger partial charge on any atom is 0.185 e. The molecule has 1 aromatic rings. The predicted octanol–water partition coefficient (Wildman–Crippen LogP) is 5.24. The summed E-state index contributed by atoms with van der Waals surface area (Å²) in [7, 11) is 0. The Hall–Kier alpha value is -2.14. The molecule has 2 nitrogen and oxygen atoms in total. The number of nitrogens with zero attached hydrogens (tertiary/aromatic N) is 1. The van der Waals surface area contributed by atoms with Crippen molar-refractivity contribution in [2.24, 2.45) is 16.7 Å². The molecule has 0 heterocycles. The third-order valence-corrected chi connectivity index (χ3v) is 4.42. The van der Waals surface area contributed by atoms with E-state index in [-0.39, 0.29) is 22.5 Å². The number of allylic oxidation sites excluding steroid dienone is 4. The summed E-state index contributed by atoms with van der Waals surface area (Å²) in [6.07, 6.45) is 5.11. The van der Waals surface area contributed by atoms with E-state index in [1.54, 1.807) is 0 Å². The van der Waals surface area contributed by atoms with Crippen LogP contribution >= 0.6 is 0 Å². The summed E-state index contributed by atoms with van der Waals surface area (Å²) in [6, 6.07) is 9.86. The van der Waals surface area contributed by atoms with Crippen LogP contribution in [0.2, 0.25) is 0 Å². The number of rotatable bonds is 2. The number of hydrogen-bond donors (Lipinski definition) is 0. The van der Waals surface area contributed by atoms with Gasteiger partial charge in [0.15, 0.2) is 5.78 Å². The second-order valence-corrected chi connectivity index (χ2v) is 8.67. The molecule has 0 saturated carbocycles. The van der Waals surface area contributed by atoms with Gasteiger partial charge in [-0.3, -0.25) is 4.79 Å². The van der Waals surface area contributed by atoms with Gasteiger partial charge in [0, 0.05) is 17.1 Å². The van der Waals surface area contributed by atoms with Crippen molar-refractivity contribution in [3.8, 4) is 6.07 Å². The molecule has 0 N–H and O–H groups in total. The Balaban J connectivity index is 2.38. The molecule has 0 aliphatic heterocycles. The molecule has 0 unspecified atom stereocenters. The summed E-state index contributed by atoms with van der Waals surface area (Å²) in [4.78, 5) is 12.9. The summed E-state index contributed by atoms with van der Waals surface area (Å²) in [5, 5.41) is 8.92. The van der Waals surface area contributed by atoms with Crippen LogP contribution in [0.15, 0.2) is 47.6 Å². The van der Waals surface area contributed by atoms with Crippen molar-refractivity contribution < 1.29 is 4.79 Å². The molecule has 0 spiro atoms. The summed E-state index contributed by atoms with van der Waals surface area (Å²) < 4.78 is 0. The lowest BCUT2D eigenvalue weighted by atomic mass is 9.70. The van der Waals surface area contributed by atoms with Gasteiger partial charge >= 0.3 is 0 Å². The second-order valence-electron chi connectivity index (χ2n) is 8.67. The summed E-state index contributed by atoms with van der Waals surface area (Å²) in [6.45, 7) is 12.6. The van der Waals surface area contributed by atoms with Crippen LogP contribution in [0, 0.1) is 28.1 Å². The number of ketones is 1. The molecule has 1 aliphatic rings. The van der Waals surface area contributed by atoms with E-state index >= 15 is 0 Å². The number of carbonyl (C=O) groups is 1. The molecule has 0 aromatic heterocycles. The first-order valence-electron chi connectivity index (χ1n) is 8.50. The van der Waals surface area contributed by atoms with Crippen LogP contribution in [0.4, 0.5) is 0 Å². The normalized spacial score (nSPS) is 16.5. The Labute approximate surface area is 145 Å². The number of nitriles is 1. The van der Waals surface area contributed by atoms with Crippen molar-refractivity contribution >= 4 is 5.78 Å². The molecule has 1 aromatic carbocycles. The Kier molecular flexibility index (Phi) is 4.85. The van der Waals surface area contributed by atoms with Gasteiger partial charge in [0.25, 0.3) is 0 Å². The largest absolute Gasteiger partial charge is 0.289 e. The van der Waals surface area contributed by atoms with E-state index in [1.807, 2.05) is 24.3 Å². The van der Waals surface area contributed by atoms with E-state index in [0.717, 1.165) is 17.6 Å². The molecule has 24 heavy (non-hydrogen) atoms. The van der Waals surface area contributed by atoms with Gasteiger partial charge in [0.05, 0.1) is 11.6 Å². The zero-order chi connectivity index (χ0) is 18.1. The highest BCUT2D eigenvalue weighted by Crippen LogP contribution is 2.39. The fourth-order valence-corrected chi connectivity index (χ4v) is 3.06. The van der Waals surface area contributed by atoms with Crippen LogP contribution in [0.25, 0.3) is 0 Å². The highest BCUT2D eigenvalue weighted by molar-refractivity contribution is 6.10. The van der Waals surface area contributed by atoms with E-state index in [2.05, 4.69) is 59.8 Å². The van der Waals surface area contributed by atoms with Gasteiger partial charge in [-0.25, -0.2) is 0 Å². The minimum atomic E-state index is -0.162. The molecule has 1 aliphatic carbocycles. The van der Waals surface area contributed by atoms with Crippen molar-refractivity contribution in [2.75, 3.05) is 0 Å². The van der Waals surface area contributed by atoms with E-state index in [4.69, 9.17) is 5.26 Å². The molecule has 0 amide bonds. The molecule has 2 rings (SSSR count). The third-order valence-electron chi connectivity index (χ3n) is 4.42. The lowest BCUT2D eigenvalue weighted by Gasteiger charge is -2.33. The van der Waals surface area contributed by atoms with Gasteiger partial charge in [0.2, 0.25) is 0 Å². The van der Waals surface area contributed by atoms with Crippen LogP contribution < -0.4 is 0 Å². The van der Waals surface area contributed by atoms with Crippen molar-refractivity contribution in [3.05, 3.63) is 58.7 Å². The first kappa shape index (κ1) is 18.2. The molecular weight excluding hydrogens is 294 g/mol. The van der Waals surface area contributed by atoms with E-state index < -0.39 is 0 Å². The van der Waals surface area contributed by atoms with Crippen LogP contribution in [-0.4, -0.2) is 5.78 Å². The van der Waals surface area contributed by atoms with E-state index in [1.165, 1.54) is 5.56 Å². The summed E-state index contributed by atoms with van der Waals surface area (Å²) in [5.41, 5.74) is 3.36. The maximum absolute atomic E-state index is 12.9. The number of Topliss-reactive ketones (excluding diaryl/α,β-unsaturated/α-hetero) is 1. The van der Waals surface area contributed by atoms with E-state index in [9.17, 15) is 4.79 Å². The van der Waals surface area contributed by atoms with Gasteiger partial charge in [-0.05, 0) is 34.9 Å². The molecule has 0 bridgehead atoms. The topological polar surface area (TPSA) is 40.9 Å². The van der Waals surface area contributed by atoms with Crippen molar-refractivity contribution in [2.45, 2.75) is 48.0 Å². The van der Waals surface area contributed by atoms with Crippen LogP contribution in [-0.2, 0) is 11.2 Å². The first-order valence-corrected chi connectivity index (χ1v) is 8.50. The SMILES string of the molecule is CC(C)(C)C1=CC(Cc2ccc(C#N)cc2)C=C(C(C)(C)C)C1=O. The predicted molar refractivity (Wildman–Crippen MR) is 98.4 cm³/mol. The molecule has 0 atom stereocenters. The second kappa shape index (κ2) is 6.40. The Morgan fingerprint density at radius 2 is 1.38 bits per heavy atom. The van der Waals surface area contributed by atoms with Crippen molar-refractivity contribution in [3.63, 3.8) is 0 Å². The monoisotopic (exact) mass is 321 g/mol. The van der Waals surface area contributed by atoms with Crippen molar-refractivity contribution in [1.82, 2.24) is 0 Å². The molecule has 0 saturated heterocycles. The Bertz CT molecular complexity index is 694. The molecular formula is C22H27NO. The fraction of sp³-hybridized carbons (Fsp3) is 0.455. The Morgan fingerprint density at radius 1 is 0.917 bits per heavy atom. The molecule has 0 radical (unpaired) electrons. The number of carbonyl (C=O) groups excluding carboxylic acids is 1. The Morgan fingerprint density at radius 3 is 1.75 bits per heavy atom. The zero-order valence-corrected chi connectivity index (χ0v) is 15.6. The van der Waals surface area contributed by atoms with Crippen LogP contribution in [0.5, 0.6) is 0 Å². The zero-order valence-electron chi connectivity index (χ0n) is 15.6. The van der Waals surface area contributed by atoms with Crippen LogP contribution in [0.1, 0.15) is 52.7 Å². The average molecular weight is 321 g/mol. The minimum absolute atomic E-state index is 0.162. The summed E-state index contributed by atoms with van der Waals surface area (Å²) >= 11 is 0. The number of hydrogen-bond acceptors (Lipinski definition) is 2. The lowest BCUT2D eigenvalue weighted by Crippen LogP contribution is -2.29. The highest BCUT2D eigenvalue weighted by Gasteiger charge is 2.35.